The number of amides is 1. The van der Waals surface area contributed by atoms with Gasteiger partial charge >= 0.3 is 5.69 Å². The van der Waals surface area contributed by atoms with Crippen LogP contribution in [-0.2, 0) is 18.9 Å². The Labute approximate surface area is 139 Å². The number of carbonyl (C=O) groups is 1. The molecule has 0 saturated carbocycles. The van der Waals surface area contributed by atoms with Crippen molar-refractivity contribution in [3.05, 3.63) is 42.7 Å². The zero-order valence-corrected chi connectivity index (χ0v) is 14.4. The highest BCUT2D eigenvalue weighted by atomic mass is 32.2. The SMILES string of the molecule is Cc1ccc(/C=N\NC(=O)CSc2nn(C)c(=O)n(C)c2=O)s1. The molecule has 0 saturated heterocycles. The Morgan fingerprint density at radius 3 is 2.83 bits per heavy atom. The Bertz CT molecular complexity index is 865. The van der Waals surface area contributed by atoms with Gasteiger partial charge in [-0.1, -0.05) is 11.8 Å². The van der Waals surface area contributed by atoms with E-state index in [9.17, 15) is 14.4 Å². The summed E-state index contributed by atoms with van der Waals surface area (Å²) in [4.78, 5) is 37.2. The van der Waals surface area contributed by atoms with Crippen molar-refractivity contribution in [1.29, 1.82) is 0 Å². The average Bonchev–Trinajstić information content (AvgIpc) is 2.93. The number of hydrogen-bond donors (Lipinski definition) is 1. The summed E-state index contributed by atoms with van der Waals surface area (Å²) in [5.74, 6) is -0.390. The summed E-state index contributed by atoms with van der Waals surface area (Å²) in [6.07, 6.45) is 1.56. The second-order valence-corrected chi connectivity index (χ2v) is 6.89. The summed E-state index contributed by atoms with van der Waals surface area (Å²) in [6, 6.07) is 3.87. The molecule has 122 valence electrons. The van der Waals surface area contributed by atoms with Crippen LogP contribution in [-0.4, -0.2) is 32.2 Å². The molecule has 0 aliphatic rings. The molecular weight excluding hydrogens is 338 g/mol. The number of aryl methyl sites for hydroxylation is 2. The van der Waals surface area contributed by atoms with E-state index in [-0.39, 0.29) is 16.7 Å². The summed E-state index contributed by atoms with van der Waals surface area (Å²) < 4.78 is 2.00. The van der Waals surface area contributed by atoms with E-state index in [1.807, 2.05) is 19.1 Å². The maximum atomic E-state index is 11.9. The van der Waals surface area contributed by atoms with Crippen LogP contribution in [0, 0.1) is 6.92 Å². The van der Waals surface area contributed by atoms with Gasteiger partial charge in [0.2, 0.25) is 5.91 Å². The minimum absolute atomic E-state index is 0.0265. The summed E-state index contributed by atoms with van der Waals surface area (Å²) >= 11 is 2.52. The highest BCUT2D eigenvalue weighted by Gasteiger charge is 2.11. The van der Waals surface area contributed by atoms with Crippen molar-refractivity contribution < 1.29 is 4.79 Å². The standard InChI is InChI=1S/C13H15N5O3S2/c1-8-4-5-9(23-8)6-14-15-10(19)7-22-11-12(20)17(2)13(21)18(3)16-11/h4-6H,7H2,1-3H3,(H,15,19)/b14-6-. The monoisotopic (exact) mass is 353 g/mol. The minimum Gasteiger partial charge on any atom is -0.272 e. The number of rotatable bonds is 5. The molecule has 1 N–H and O–H groups in total. The van der Waals surface area contributed by atoms with Crippen LogP contribution in [0.5, 0.6) is 0 Å². The Kier molecular flexibility index (Phi) is 5.50. The van der Waals surface area contributed by atoms with Gasteiger partial charge in [0.1, 0.15) is 0 Å². The molecule has 8 nitrogen and oxygen atoms in total. The molecule has 0 aliphatic heterocycles. The summed E-state index contributed by atoms with van der Waals surface area (Å²) in [5, 5.41) is 7.79. The van der Waals surface area contributed by atoms with Crippen molar-refractivity contribution in [3.63, 3.8) is 0 Å². The number of carbonyl (C=O) groups excluding carboxylic acids is 1. The summed E-state index contributed by atoms with van der Waals surface area (Å²) in [6.45, 7) is 1.98. The largest absolute Gasteiger partial charge is 0.346 e. The van der Waals surface area contributed by atoms with E-state index in [1.165, 1.54) is 14.1 Å². The number of nitrogens with one attached hydrogen (secondary N) is 1. The van der Waals surface area contributed by atoms with Gasteiger partial charge in [0.05, 0.1) is 12.0 Å². The third-order valence-electron chi connectivity index (χ3n) is 2.77. The van der Waals surface area contributed by atoms with E-state index in [1.54, 1.807) is 17.6 Å². The van der Waals surface area contributed by atoms with Crippen LogP contribution in [0.1, 0.15) is 9.75 Å². The van der Waals surface area contributed by atoms with Crippen LogP contribution in [0.25, 0.3) is 0 Å². The lowest BCUT2D eigenvalue weighted by molar-refractivity contribution is -0.118. The molecule has 2 aromatic rings. The first-order valence-corrected chi connectivity index (χ1v) is 8.34. The highest BCUT2D eigenvalue weighted by molar-refractivity contribution is 7.99. The number of thioether (sulfide) groups is 1. The second kappa shape index (κ2) is 7.38. The normalized spacial score (nSPS) is 11.1. The van der Waals surface area contributed by atoms with E-state index in [0.29, 0.717) is 0 Å². The van der Waals surface area contributed by atoms with Gasteiger partial charge in [0.15, 0.2) is 5.03 Å². The van der Waals surface area contributed by atoms with Crippen LogP contribution in [0.15, 0.2) is 31.8 Å². The average molecular weight is 353 g/mol. The zero-order valence-electron chi connectivity index (χ0n) is 12.8. The Morgan fingerprint density at radius 1 is 1.43 bits per heavy atom. The summed E-state index contributed by atoms with van der Waals surface area (Å²) in [7, 11) is 2.81. The van der Waals surface area contributed by atoms with Gasteiger partial charge < -0.3 is 0 Å². The number of thiophene rings is 1. The fourth-order valence-electron chi connectivity index (χ4n) is 1.62. The number of nitrogens with zero attached hydrogens (tertiary/aromatic N) is 4. The van der Waals surface area contributed by atoms with Crippen molar-refractivity contribution in [2.75, 3.05) is 5.75 Å². The minimum atomic E-state index is -0.525. The Morgan fingerprint density at radius 2 is 2.17 bits per heavy atom. The van der Waals surface area contributed by atoms with Gasteiger partial charge in [0, 0.05) is 23.8 Å². The van der Waals surface area contributed by atoms with Crippen LogP contribution >= 0.6 is 23.1 Å². The maximum Gasteiger partial charge on any atom is 0.346 e. The van der Waals surface area contributed by atoms with Crippen LogP contribution in [0.3, 0.4) is 0 Å². The number of aromatic nitrogens is 3. The molecule has 0 radical (unpaired) electrons. The molecule has 2 rings (SSSR count). The van der Waals surface area contributed by atoms with Gasteiger partial charge in [-0.05, 0) is 19.1 Å². The molecule has 0 unspecified atom stereocenters. The second-order valence-electron chi connectivity index (χ2n) is 4.61. The van der Waals surface area contributed by atoms with Crippen molar-refractivity contribution >= 4 is 35.2 Å². The molecule has 0 aromatic carbocycles. The fourth-order valence-corrected chi connectivity index (χ4v) is 3.14. The van der Waals surface area contributed by atoms with Crippen LogP contribution < -0.4 is 16.7 Å². The lowest BCUT2D eigenvalue weighted by Gasteiger charge is -2.04. The van der Waals surface area contributed by atoms with E-state index >= 15 is 0 Å². The van der Waals surface area contributed by atoms with E-state index < -0.39 is 11.2 Å². The van der Waals surface area contributed by atoms with Crippen molar-refractivity contribution in [1.82, 2.24) is 19.8 Å². The third-order valence-corrected chi connectivity index (χ3v) is 4.65. The smallest absolute Gasteiger partial charge is 0.272 e. The maximum absolute atomic E-state index is 11.9. The molecule has 0 aliphatic carbocycles. The molecular formula is C13H15N5O3S2. The molecule has 0 fully saturated rings. The van der Waals surface area contributed by atoms with Crippen molar-refractivity contribution in [2.24, 2.45) is 19.2 Å². The predicted octanol–water partition coefficient (Wildman–Crippen LogP) is 0.0913. The van der Waals surface area contributed by atoms with Gasteiger partial charge in [-0.25, -0.2) is 14.9 Å². The number of hydrazone groups is 1. The molecule has 0 spiro atoms. The fraction of sp³-hybridized carbons (Fsp3) is 0.308. The first-order valence-electron chi connectivity index (χ1n) is 6.54. The van der Waals surface area contributed by atoms with E-state index in [4.69, 9.17) is 0 Å². The topological polar surface area (TPSA) is 98.3 Å². The van der Waals surface area contributed by atoms with Gasteiger partial charge in [0.25, 0.3) is 5.56 Å². The first-order chi connectivity index (χ1) is 10.9. The highest BCUT2D eigenvalue weighted by Crippen LogP contribution is 2.12. The third kappa shape index (κ3) is 4.39. The first kappa shape index (κ1) is 17.2. The Balaban J connectivity index is 1.93. The molecule has 23 heavy (non-hydrogen) atoms. The molecule has 10 heteroatoms. The van der Waals surface area contributed by atoms with E-state index in [2.05, 4.69) is 15.6 Å². The molecule has 1 amide bonds. The van der Waals surface area contributed by atoms with Crippen molar-refractivity contribution in [2.45, 2.75) is 11.9 Å². The molecule has 2 aromatic heterocycles. The zero-order chi connectivity index (χ0) is 17.0. The van der Waals surface area contributed by atoms with Crippen LogP contribution in [0.4, 0.5) is 0 Å². The van der Waals surface area contributed by atoms with Gasteiger partial charge in [-0.3, -0.25) is 14.2 Å². The Hall–Kier alpha value is -2.20. The quantitative estimate of drug-likeness (QED) is 0.467. The number of hydrogen-bond acceptors (Lipinski definition) is 7. The molecule has 0 atom stereocenters. The van der Waals surface area contributed by atoms with Gasteiger partial charge in [-0.15, -0.1) is 11.3 Å². The molecule has 0 bridgehead atoms. The van der Waals surface area contributed by atoms with Crippen LogP contribution in [0.2, 0.25) is 0 Å². The lowest BCUT2D eigenvalue weighted by Crippen LogP contribution is -2.39. The lowest BCUT2D eigenvalue weighted by atomic mass is 10.4. The molecule has 2 heterocycles. The summed E-state index contributed by atoms with van der Waals surface area (Å²) in [5.41, 5.74) is 1.34. The van der Waals surface area contributed by atoms with Gasteiger partial charge in [-0.2, -0.15) is 10.2 Å². The van der Waals surface area contributed by atoms with Crippen molar-refractivity contribution in [3.8, 4) is 0 Å². The predicted molar refractivity (Wildman–Crippen MR) is 90.2 cm³/mol. The van der Waals surface area contributed by atoms with E-state index in [0.717, 1.165) is 30.8 Å².